The van der Waals surface area contributed by atoms with Crippen molar-refractivity contribution in [2.24, 2.45) is 0 Å². The monoisotopic (exact) mass is 386 g/mol. The molecule has 0 amide bonds. The van der Waals surface area contributed by atoms with Crippen LogP contribution in [0, 0.1) is 6.92 Å². The molecule has 5 nitrogen and oxygen atoms in total. The van der Waals surface area contributed by atoms with E-state index in [1.807, 2.05) is 18.4 Å². The van der Waals surface area contributed by atoms with Crippen LogP contribution in [-0.4, -0.2) is 32.7 Å². The molecule has 7 heteroatoms. The second-order valence-electron chi connectivity index (χ2n) is 6.60. The van der Waals surface area contributed by atoms with E-state index < -0.39 is 0 Å². The van der Waals surface area contributed by atoms with Gasteiger partial charge in [-0.15, -0.1) is 0 Å². The van der Waals surface area contributed by atoms with Crippen LogP contribution in [0.5, 0.6) is 0 Å². The molecule has 0 saturated carbocycles. The van der Waals surface area contributed by atoms with Crippen LogP contribution in [0.2, 0.25) is 5.15 Å². The lowest BCUT2D eigenvalue weighted by molar-refractivity contribution is 0.241. The summed E-state index contributed by atoms with van der Waals surface area (Å²) in [5.74, 6) is 0. The molecule has 134 valence electrons. The van der Waals surface area contributed by atoms with Gasteiger partial charge in [0.1, 0.15) is 5.15 Å². The third kappa shape index (κ3) is 3.37. The number of aryl methyl sites for hydroxylation is 1. The predicted octanol–water partition coefficient (Wildman–Crippen LogP) is 3.56. The lowest BCUT2D eigenvalue weighted by Gasteiger charge is -2.27. The Morgan fingerprint density at radius 3 is 2.96 bits per heavy atom. The summed E-state index contributed by atoms with van der Waals surface area (Å²) >= 11 is 7.87. The minimum absolute atomic E-state index is 0.0394. The van der Waals surface area contributed by atoms with E-state index in [4.69, 9.17) is 11.6 Å². The fourth-order valence-corrected chi connectivity index (χ4v) is 3.96. The fourth-order valence-electron chi connectivity index (χ4n) is 3.36. The molecule has 3 aromatic rings. The number of hydrogen-bond acceptors (Lipinski definition) is 5. The van der Waals surface area contributed by atoms with Gasteiger partial charge in [0.15, 0.2) is 5.16 Å². The average Bonchev–Trinajstić information content (AvgIpc) is 2.63. The zero-order chi connectivity index (χ0) is 18.3. The van der Waals surface area contributed by atoms with Crippen molar-refractivity contribution in [3.05, 3.63) is 62.2 Å². The van der Waals surface area contributed by atoms with Gasteiger partial charge in [-0.25, -0.2) is 9.97 Å². The molecule has 2 aromatic heterocycles. The van der Waals surface area contributed by atoms with Gasteiger partial charge in [0.2, 0.25) is 0 Å². The SMILES string of the molecule is CSc1nc2c(c(=O)[nH]1)CN(Cc1cc3cc(C)ccc3nc1Cl)CC2. The van der Waals surface area contributed by atoms with E-state index in [2.05, 4.69) is 38.9 Å². The van der Waals surface area contributed by atoms with Gasteiger partial charge in [-0.2, -0.15) is 0 Å². The van der Waals surface area contributed by atoms with Crippen LogP contribution in [0.15, 0.2) is 34.2 Å². The fraction of sp³-hybridized carbons (Fsp3) is 0.316. The molecule has 4 rings (SSSR count). The summed E-state index contributed by atoms with van der Waals surface area (Å²) in [4.78, 5) is 26.5. The van der Waals surface area contributed by atoms with E-state index in [1.165, 1.54) is 17.3 Å². The first-order chi connectivity index (χ1) is 12.5. The zero-order valence-electron chi connectivity index (χ0n) is 14.7. The van der Waals surface area contributed by atoms with Gasteiger partial charge < -0.3 is 4.98 Å². The Bertz CT molecular complexity index is 1050. The van der Waals surface area contributed by atoms with E-state index >= 15 is 0 Å². The normalized spacial score (nSPS) is 14.6. The highest BCUT2D eigenvalue weighted by atomic mass is 35.5. The molecular formula is C19H19ClN4OS. The van der Waals surface area contributed by atoms with E-state index in [1.54, 1.807) is 0 Å². The first kappa shape index (κ1) is 17.5. The van der Waals surface area contributed by atoms with Gasteiger partial charge in [-0.1, -0.05) is 35.0 Å². The number of benzene rings is 1. The molecule has 3 heterocycles. The number of H-pyrrole nitrogens is 1. The standard InChI is InChI=1S/C19H19ClN4OS/c1-11-3-4-15-12(7-11)8-13(17(20)21-15)9-24-6-5-16-14(10-24)18(25)23-19(22-16)26-2/h3-4,7-8H,5-6,9-10H2,1-2H3,(H,22,23,25). The Balaban J connectivity index is 1.62. The minimum atomic E-state index is -0.0394. The van der Waals surface area contributed by atoms with Crippen LogP contribution in [-0.2, 0) is 19.5 Å². The second kappa shape index (κ2) is 7.02. The highest BCUT2D eigenvalue weighted by molar-refractivity contribution is 7.98. The maximum Gasteiger partial charge on any atom is 0.256 e. The third-order valence-electron chi connectivity index (χ3n) is 4.71. The van der Waals surface area contributed by atoms with Crippen molar-refractivity contribution in [2.75, 3.05) is 12.8 Å². The van der Waals surface area contributed by atoms with Crippen molar-refractivity contribution in [1.29, 1.82) is 0 Å². The molecule has 0 saturated heterocycles. The Morgan fingerprint density at radius 1 is 1.31 bits per heavy atom. The van der Waals surface area contributed by atoms with Crippen molar-refractivity contribution >= 4 is 34.3 Å². The molecule has 0 unspecified atom stereocenters. The molecule has 0 bridgehead atoms. The third-order valence-corrected chi connectivity index (χ3v) is 5.62. The number of aromatic nitrogens is 3. The topological polar surface area (TPSA) is 61.9 Å². The molecule has 0 radical (unpaired) electrons. The highest BCUT2D eigenvalue weighted by Gasteiger charge is 2.22. The van der Waals surface area contributed by atoms with E-state index in [-0.39, 0.29) is 5.56 Å². The molecule has 1 N–H and O–H groups in total. The summed E-state index contributed by atoms with van der Waals surface area (Å²) in [7, 11) is 0. The molecule has 26 heavy (non-hydrogen) atoms. The van der Waals surface area contributed by atoms with Crippen molar-refractivity contribution in [3.8, 4) is 0 Å². The molecule has 0 aliphatic carbocycles. The summed E-state index contributed by atoms with van der Waals surface area (Å²) in [6.07, 6.45) is 2.68. The Morgan fingerprint density at radius 2 is 2.15 bits per heavy atom. The van der Waals surface area contributed by atoms with Crippen molar-refractivity contribution in [2.45, 2.75) is 31.6 Å². The zero-order valence-corrected chi connectivity index (χ0v) is 16.2. The van der Waals surface area contributed by atoms with E-state index in [0.717, 1.165) is 40.7 Å². The van der Waals surface area contributed by atoms with Crippen molar-refractivity contribution < 1.29 is 0 Å². The quantitative estimate of drug-likeness (QED) is 0.423. The lowest BCUT2D eigenvalue weighted by Crippen LogP contribution is -2.35. The number of hydrogen-bond donors (Lipinski definition) is 1. The molecular weight excluding hydrogens is 368 g/mol. The minimum Gasteiger partial charge on any atom is -0.301 e. The Hall–Kier alpha value is -1.89. The summed E-state index contributed by atoms with van der Waals surface area (Å²) in [6.45, 7) is 4.16. The first-order valence-corrected chi connectivity index (χ1v) is 10.1. The molecule has 0 spiro atoms. The maximum absolute atomic E-state index is 12.3. The van der Waals surface area contributed by atoms with Gasteiger partial charge in [-0.3, -0.25) is 9.69 Å². The molecule has 0 atom stereocenters. The predicted molar refractivity (Wildman–Crippen MR) is 106 cm³/mol. The summed E-state index contributed by atoms with van der Waals surface area (Å²) < 4.78 is 0. The smallest absolute Gasteiger partial charge is 0.256 e. The number of nitrogens with one attached hydrogen (secondary N) is 1. The van der Waals surface area contributed by atoms with Crippen molar-refractivity contribution in [3.63, 3.8) is 0 Å². The number of fused-ring (bicyclic) bond motifs is 2. The number of halogens is 1. The van der Waals surface area contributed by atoms with Gasteiger partial charge in [0.05, 0.1) is 16.8 Å². The van der Waals surface area contributed by atoms with Crippen molar-refractivity contribution in [1.82, 2.24) is 19.9 Å². The summed E-state index contributed by atoms with van der Waals surface area (Å²) in [6, 6.07) is 8.25. The van der Waals surface area contributed by atoms with Crippen LogP contribution in [0.3, 0.4) is 0 Å². The van der Waals surface area contributed by atoms with Crippen LogP contribution in [0.25, 0.3) is 10.9 Å². The highest BCUT2D eigenvalue weighted by Crippen LogP contribution is 2.25. The van der Waals surface area contributed by atoms with Gasteiger partial charge >= 0.3 is 0 Å². The number of aromatic amines is 1. The molecule has 1 aliphatic heterocycles. The second-order valence-corrected chi connectivity index (χ2v) is 7.75. The number of rotatable bonds is 3. The van der Waals surface area contributed by atoms with Gasteiger partial charge in [0, 0.05) is 37.0 Å². The summed E-state index contributed by atoms with van der Waals surface area (Å²) in [5.41, 5.74) is 4.71. The first-order valence-electron chi connectivity index (χ1n) is 8.47. The van der Waals surface area contributed by atoms with Crippen LogP contribution in [0.4, 0.5) is 0 Å². The molecule has 1 aliphatic rings. The van der Waals surface area contributed by atoms with Gasteiger partial charge in [0.25, 0.3) is 5.56 Å². The number of pyridine rings is 1. The van der Waals surface area contributed by atoms with Crippen LogP contribution < -0.4 is 5.56 Å². The number of thioether (sulfide) groups is 1. The van der Waals surface area contributed by atoms with Crippen LogP contribution in [0.1, 0.15) is 22.4 Å². The number of nitrogens with zero attached hydrogens (tertiary/aromatic N) is 3. The summed E-state index contributed by atoms with van der Waals surface area (Å²) in [5, 5.41) is 2.29. The largest absolute Gasteiger partial charge is 0.301 e. The van der Waals surface area contributed by atoms with E-state index in [9.17, 15) is 4.79 Å². The lowest BCUT2D eigenvalue weighted by atomic mass is 10.1. The van der Waals surface area contributed by atoms with E-state index in [0.29, 0.717) is 23.4 Å². The Kier molecular flexibility index (Phi) is 4.73. The average molecular weight is 387 g/mol. The molecule has 0 fully saturated rings. The molecule has 1 aromatic carbocycles. The maximum atomic E-state index is 12.3. The van der Waals surface area contributed by atoms with Crippen LogP contribution >= 0.6 is 23.4 Å². The Labute approximate surface area is 160 Å². The van der Waals surface area contributed by atoms with Gasteiger partial charge in [-0.05, 0) is 31.4 Å².